The summed E-state index contributed by atoms with van der Waals surface area (Å²) in [4.78, 5) is 2.08. The molecule has 0 radical (unpaired) electrons. The second kappa shape index (κ2) is 5.69. The van der Waals surface area contributed by atoms with Gasteiger partial charge in [-0.25, -0.2) is 8.70 Å². The number of rotatable bonds is 4. The maximum absolute atomic E-state index is 14.2. The van der Waals surface area contributed by atoms with Gasteiger partial charge in [-0.3, -0.25) is 0 Å². The van der Waals surface area contributed by atoms with Gasteiger partial charge in [-0.1, -0.05) is 24.1 Å². The monoisotopic (exact) mass is 282 g/mol. The number of piperazine rings is 1. The highest BCUT2D eigenvalue weighted by Gasteiger charge is 2.28. The predicted octanol–water partition coefficient (Wildman–Crippen LogP) is 2.25. The van der Waals surface area contributed by atoms with Crippen molar-refractivity contribution in [2.24, 2.45) is 0 Å². The molecule has 1 aliphatic carbocycles. The molecule has 104 valence electrons. The summed E-state index contributed by atoms with van der Waals surface area (Å²) in [6.07, 6.45) is 2.69. The fourth-order valence-electron chi connectivity index (χ4n) is 2.35. The molecule has 0 aromatic heterocycles. The van der Waals surface area contributed by atoms with E-state index in [-0.39, 0.29) is 12.4 Å². The van der Waals surface area contributed by atoms with Crippen molar-refractivity contribution in [1.82, 2.24) is 4.31 Å². The van der Waals surface area contributed by atoms with E-state index in [1.807, 2.05) is 18.0 Å². The van der Waals surface area contributed by atoms with Crippen molar-refractivity contribution < 1.29 is 9.50 Å². The lowest BCUT2D eigenvalue weighted by atomic mass is 10.1. The normalized spacial score (nSPS) is 20.8. The third kappa shape index (κ3) is 3.04. The van der Waals surface area contributed by atoms with Crippen LogP contribution in [0.4, 0.5) is 10.1 Å². The van der Waals surface area contributed by atoms with Crippen molar-refractivity contribution in [3.63, 3.8) is 0 Å². The van der Waals surface area contributed by atoms with Crippen LogP contribution in [0, 0.1) is 5.82 Å². The van der Waals surface area contributed by atoms with E-state index in [4.69, 9.17) is 5.11 Å². The van der Waals surface area contributed by atoms with Gasteiger partial charge < -0.3 is 10.0 Å². The molecule has 0 bridgehead atoms. The van der Waals surface area contributed by atoms with E-state index in [9.17, 15) is 4.39 Å². The number of anilines is 1. The number of nitrogens with zero attached hydrogens (tertiary/aromatic N) is 2. The molecule has 1 aromatic rings. The Kier molecular flexibility index (Phi) is 3.96. The Morgan fingerprint density at radius 3 is 2.58 bits per heavy atom. The van der Waals surface area contributed by atoms with E-state index in [0.717, 1.165) is 31.4 Å². The van der Waals surface area contributed by atoms with Crippen LogP contribution in [0.15, 0.2) is 18.2 Å². The summed E-state index contributed by atoms with van der Waals surface area (Å²) in [5, 5.41) is 9.95. The molecule has 2 fully saturated rings. The van der Waals surface area contributed by atoms with Crippen molar-refractivity contribution in [2.45, 2.75) is 24.7 Å². The third-order valence-electron chi connectivity index (χ3n) is 3.63. The van der Waals surface area contributed by atoms with Crippen LogP contribution in [-0.4, -0.2) is 40.8 Å². The zero-order chi connectivity index (χ0) is 13.2. The van der Waals surface area contributed by atoms with Gasteiger partial charge in [-0.15, -0.1) is 0 Å². The van der Waals surface area contributed by atoms with Crippen LogP contribution in [0.3, 0.4) is 0 Å². The fraction of sp³-hybridized carbons (Fsp3) is 0.571. The second-order valence-electron chi connectivity index (χ2n) is 5.13. The molecule has 1 aliphatic heterocycles. The van der Waals surface area contributed by atoms with Gasteiger partial charge in [0.2, 0.25) is 0 Å². The van der Waals surface area contributed by atoms with Crippen molar-refractivity contribution in [2.75, 3.05) is 31.1 Å². The standard InChI is InChI=1S/C14H19FN2OS/c15-14-11(10-18)2-1-3-13(14)16-6-8-17(9-7-16)19-12-4-5-12/h1-3,12,18H,4-10H2. The Morgan fingerprint density at radius 2 is 1.95 bits per heavy atom. The molecule has 3 nitrogen and oxygen atoms in total. The van der Waals surface area contributed by atoms with Gasteiger partial charge in [-0.05, 0) is 18.9 Å². The summed E-state index contributed by atoms with van der Waals surface area (Å²) in [5.41, 5.74) is 1.01. The quantitative estimate of drug-likeness (QED) is 0.857. The van der Waals surface area contributed by atoms with Gasteiger partial charge in [0.25, 0.3) is 0 Å². The average molecular weight is 282 g/mol. The predicted molar refractivity (Wildman–Crippen MR) is 76.7 cm³/mol. The first-order chi connectivity index (χ1) is 9.28. The number of aliphatic hydroxyl groups is 1. The molecule has 3 rings (SSSR count). The number of aliphatic hydroxyl groups excluding tert-OH is 1. The number of halogens is 1. The van der Waals surface area contributed by atoms with Crippen LogP contribution in [0.5, 0.6) is 0 Å². The van der Waals surface area contributed by atoms with E-state index in [1.54, 1.807) is 12.1 Å². The molecule has 2 aliphatic rings. The van der Waals surface area contributed by atoms with E-state index >= 15 is 0 Å². The Labute approximate surface area is 117 Å². The molecule has 0 spiro atoms. The Balaban J connectivity index is 1.64. The van der Waals surface area contributed by atoms with Crippen LogP contribution in [0.1, 0.15) is 18.4 Å². The smallest absolute Gasteiger partial charge is 0.151 e. The molecule has 1 saturated heterocycles. The molecule has 19 heavy (non-hydrogen) atoms. The second-order valence-corrected chi connectivity index (χ2v) is 6.52. The zero-order valence-electron chi connectivity index (χ0n) is 10.9. The van der Waals surface area contributed by atoms with E-state index in [0.29, 0.717) is 11.3 Å². The molecule has 0 amide bonds. The van der Waals surface area contributed by atoms with E-state index in [2.05, 4.69) is 9.21 Å². The molecular weight excluding hydrogens is 263 g/mol. The SMILES string of the molecule is OCc1cccc(N2CCN(SC3CC3)CC2)c1F. The lowest BCUT2D eigenvalue weighted by molar-refractivity contribution is 0.275. The maximum Gasteiger partial charge on any atom is 0.151 e. The lowest BCUT2D eigenvalue weighted by Gasteiger charge is -2.35. The van der Waals surface area contributed by atoms with Gasteiger partial charge in [0, 0.05) is 37.0 Å². The topological polar surface area (TPSA) is 26.7 Å². The minimum atomic E-state index is -0.270. The summed E-state index contributed by atoms with van der Waals surface area (Å²) in [5.74, 6) is -0.270. The largest absolute Gasteiger partial charge is 0.392 e. The van der Waals surface area contributed by atoms with Crippen molar-refractivity contribution in [3.8, 4) is 0 Å². The number of hydrogen-bond donors (Lipinski definition) is 1. The molecule has 0 unspecified atom stereocenters. The van der Waals surface area contributed by atoms with Gasteiger partial charge in [0.15, 0.2) is 5.82 Å². The van der Waals surface area contributed by atoms with Gasteiger partial charge in [0.05, 0.1) is 12.3 Å². The summed E-state index contributed by atoms with van der Waals surface area (Å²) in [7, 11) is 0. The van der Waals surface area contributed by atoms with Gasteiger partial charge in [0.1, 0.15) is 0 Å². The molecular formula is C14H19FN2OS. The average Bonchev–Trinajstić information content (AvgIpc) is 3.24. The molecule has 5 heteroatoms. The highest BCUT2D eigenvalue weighted by atomic mass is 32.2. The van der Waals surface area contributed by atoms with E-state index < -0.39 is 0 Å². The highest BCUT2D eigenvalue weighted by Crippen LogP contribution is 2.37. The first-order valence-electron chi connectivity index (χ1n) is 6.83. The van der Waals surface area contributed by atoms with Crippen molar-refractivity contribution in [1.29, 1.82) is 0 Å². The lowest BCUT2D eigenvalue weighted by Crippen LogP contribution is -2.44. The molecule has 1 aromatic carbocycles. The van der Waals surface area contributed by atoms with Crippen molar-refractivity contribution in [3.05, 3.63) is 29.6 Å². The summed E-state index contributed by atoms with van der Waals surface area (Å²) < 4.78 is 16.6. The van der Waals surface area contributed by atoms with Crippen LogP contribution >= 0.6 is 11.9 Å². The van der Waals surface area contributed by atoms with Crippen LogP contribution in [0.25, 0.3) is 0 Å². The molecule has 1 heterocycles. The summed E-state index contributed by atoms with van der Waals surface area (Å²) in [6.45, 7) is 3.42. The summed E-state index contributed by atoms with van der Waals surface area (Å²) >= 11 is 1.97. The van der Waals surface area contributed by atoms with Crippen LogP contribution in [-0.2, 0) is 6.61 Å². The minimum Gasteiger partial charge on any atom is -0.392 e. The fourth-order valence-corrected chi connectivity index (χ4v) is 3.49. The first-order valence-corrected chi connectivity index (χ1v) is 7.66. The summed E-state index contributed by atoms with van der Waals surface area (Å²) in [6, 6.07) is 5.26. The van der Waals surface area contributed by atoms with Crippen LogP contribution < -0.4 is 4.90 Å². The minimum absolute atomic E-state index is 0.239. The number of hydrogen-bond acceptors (Lipinski definition) is 4. The first kappa shape index (κ1) is 13.2. The third-order valence-corrected chi connectivity index (χ3v) is 5.06. The molecule has 1 saturated carbocycles. The Morgan fingerprint density at radius 1 is 1.21 bits per heavy atom. The maximum atomic E-state index is 14.2. The Hall–Kier alpha value is -0.780. The van der Waals surface area contributed by atoms with Gasteiger partial charge in [-0.2, -0.15) is 0 Å². The molecule has 1 N–H and O–H groups in total. The van der Waals surface area contributed by atoms with E-state index in [1.165, 1.54) is 12.8 Å². The Bertz CT molecular complexity index is 445. The zero-order valence-corrected chi connectivity index (χ0v) is 11.7. The molecule has 0 atom stereocenters. The highest BCUT2D eigenvalue weighted by molar-refractivity contribution is 7.97. The number of benzene rings is 1. The van der Waals surface area contributed by atoms with Crippen LogP contribution in [0.2, 0.25) is 0 Å². The van der Waals surface area contributed by atoms with Crippen molar-refractivity contribution >= 4 is 17.6 Å². The van der Waals surface area contributed by atoms with Gasteiger partial charge >= 0.3 is 0 Å².